The van der Waals surface area contributed by atoms with Crippen molar-refractivity contribution in [1.82, 2.24) is 0 Å². The third-order valence-electron chi connectivity index (χ3n) is 7.12. The molecule has 0 aliphatic heterocycles. The second-order valence-corrected chi connectivity index (χ2v) is 14.8. The first-order chi connectivity index (χ1) is 19.4. The largest absolute Gasteiger partial charge is 0.427 e. The van der Waals surface area contributed by atoms with Crippen molar-refractivity contribution in [2.75, 3.05) is 28.4 Å². The van der Waals surface area contributed by atoms with Gasteiger partial charge in [-0.25, -0.2) is 0 Å². The fourth-order valence-corrected chi connectivity index (χ4v) is 9.82. The van der Waals surface area contributed by atoms with Crippen LogP contribution >= 0.6 is 15.2 Å². The summed E-state index contributed by atoms with van der Waals surface area (Å²) in [6.45, 7) is 6.90. The number of benzene rings is 2. The summed E-state index contributed by atoms with van der Waals surface area (Å²) >= 11 is 0. The van der Waals surface area contributed by atoms with E-state index in [1.807, 2.05) is 24.3 Å². The summed E-state index contributed by atoms with van der Waals surface area (Å²) in [7, 11) is -2.91. The number of hydrogen-bond acceptors (Lipinski definition) is 10. The topological polar surface area (TPSA) is 124 Å². The summed E-state index contributed by atoms with van der Waals surface area (Å²) in [5.74, 6) is 0.229. The van der Waals surface area contributed by atoms with Crippen LogP contribution in [0.1, 0.15) is 75.5 Å². The van der Waals surface area contributed by atoms with E-state index in [2.05, 4.69) is 13.8 Å². The van der Waals surface area contributed by atoms with E-state index in [0.717, 1.165) is 24.0 Å². The Morgan fingerprint density at radius 2 is 1.17 bits per heavy atom. The number of rotatable bonds is 16. The van der Waals surface area contributed by atoms with Crippen molar-refractivity contribution in [3.05, 3.63) is 59.2 Å². The molecular formula is C29H42O10P2. The summed E-state index contributed by atoms with van der Waals surface area (Å²) in [5, 5.41) is -1.21. The fraction of sp³-hybridized carbons (Fsp3) is 0.517. The maximum atomic E-state index is 13.4. The van der Waals surface area contributed by atoms with Crippen LogP contribution in [0.25, 0.3) is 0 Å². The third-order valence-corrected chi connectivity index (χ3v) is 12.8. The van der Waals surface area contributed by atoms with Gasteiger partial charge in [-0.05, 0) is 72.4 Å². The first kappa shape index (κ1) is 34.9. The standard InChI is InChI=1S/C29H42O10P2/c1-9-26(22-11-15-25(16-12-22)38-20(3)30)27(10-2)23-13-17-28(39-21(4)31)24(19-23)14-18-29(40(32,34-5)35-6)41(33,36-7)37-8/h11-13,15-17,19,26-27,29H,9-10,14,18H2,1-8H3. The molecule has 0 fully saturated rings. The third kappa shape index (κ3) is 8.84. The molecule has 2 atom stereocenters. The van der Waals surface area contributed by atoms with Gasteiger partial charge in [0.05, 0.1) is 0 Å². The van der Waals surface area contributed by atoms with Crippen molar-refractivity contribution < 1.29 is 46.3 Å². The van der Waals surface area contributed by atoms with E-state index < -0.39 is 26.6 Å². The van der Waals surface area contributed by atoms with Crippen LogP contribution in [0.4, 0.5) is 0 Å². The van der Waals surface area contributed by atoms with E-state index in [-0.39, 0.29) is 30.6 Å². The zero-order chi connectivity index (χ0) is 30.8. The van der Waals surface area contributed by atoms with Crippen molar-refractivity contribution >= 4 is 27.1 Å². The van der Waals surface area contributed by atoms with Gasteiger partial charge in [0.15, 0.2) is 5.40 Å². The summed E-state index contributed by atoms with van der Waals surface area (Å²) in [5.41, 5.74) is 2.79. The van der Waals surface area contributed by atoms with Crippen LogP contribution in [0.2, 0.25) is 0 Å². The lowest BCUT2D eigenvalue weighted by Crippen LogP contribution is -2.16. The van der Waals surface area contributed by atoms with Crippen molar-refractivity contribution in [2.24, 2.45) is 0 Å². The van der Waals surface area contributed by atoms with Crippen LogP contribution in [0.3, 0.4) is 0 Å². The number of aryl methyl sites for hydroxylation is 1. The van der Waals surface area contributed by atoms with Crippen LogP contribution in [-0.4, -0.2) is 45.8 Å². The Labute approximate surface area is 243 Å². The molecule has 0 N–H and O–H groups in total. The maximum absolute atomic E-state index is 13.4. The van der Waals surface area contributed by atoms with Gasteiger partial charge in [0.25, 0.3) is 0 Å². The first-order valence-corrected chi connectivity index (χ1v) is 16.7. The zero-order valence-electron chi connectivity index (χ0n) is 25.1. The summed E-state index contributed by atoms with van der Waals surface area (Å²) in [6.07, 6.45) is 1.94. The Hall–Kier alpha value is -2.32. The predicted molar refractivity (Wildman–Crippen MR) is 157 cm³/mol. The monoisotopic (exact) mass is 612 g/mol. The van der Waals surface area contributed by atoms with E-state index in [0.29, 0.717) is 17.1 Å². The quantitative estimate of drug-likeness (QED) is 0.107. The van der Waals surface area contributed by atoms with Gasteiger partial charge in [0, 0.05) is 42.3 Å². The van der Waals surface area contributed by atoms with Crippen LogP contribution in [0, 0.1) is 0 Å². The zero-order valence-corrected chi connectivity index (χ0v) is 26.9. The molecule has 0 heterocycles. The molecule has 0 aliphatic carbocycles. The van der Waals surface area contributed by atoms with E-state index in [4.69, 9.17) is 27.6 Å². The minimum absolute atomic E-state index is 0.0429. The van der Waals surface area contributed by atoms with Crippen molar-refractivity contribution in [3.63, 3.8) is 0 Å². The molecule has 41 heavy (non-hydrogen) atoms. The van der Waals surface area contributed by atoms with Gasteiger partial charge >= 0.3 is 27.1 Å². The maximum Gasteiger partial charge on any atom is 0.345 e. The highest BCUT2D eigenvalue weighted by Crippen LogP contribution is 2.70. The lowest BCUT2D eigenvalue weighted by atomic mass is 9.78. The van der Waals surface area contributed by atoms with Gasteiger partial charge in [-0.1, -0.05) is 38.1 Å². The Morgan fingerprint density at radius 1 is 0.707 bits per heavy atom. The molecule has 2 aromatic carbocycles. The Bertz CT molecular complexity index is 1220. The van der Waals surface area contributed by atoms with Crippen LogP contribution in [-0.2, 0) is 43.2 Å². The molecule has 10 nitrogen and oxygen atoms in total. The molecule has 0 saturated carbocycles. The predicted octanol–water partition coefficient (Wildman–Crippen LogP) is 7.46. The van der Waals surface area contributed by atoms with Gasteiger partial charge < -0.3 is 27.6 Å². The minimum Gasteiger partial charge on any atom is -0.427 e. The highest BCUT2D eigenvalue weighted by atomic mass is 31.2. The molecule has 2 aromatic rings. The van der Waals surface area contributed by atoms with Crippen molar-refractivity contribution in [1.29, 1.82) is 0 Å². The molecule has 0 saturated heterocycles. The number of carbonyl (C=O) groups is 2. The van der Waals surface area contributed by atoms with Crippen LogP contribution in [0.5, 0.6) is 11.5 Å². The molecule has 2 unspecified atom stereocenters. The van der Waals surface area contributed by atoms with E-state index in [9.17, 15) is 18.7 Å². The molecule has 0 bridgehead atoms. The average Bonchev–Trinajstić information content (AvgIpc) is 2.96. The number of hydrogen-bond donors (Lipinski definition) is 0. The summed E-state index contributed by atoms with van der Waals surface area (Å²) in [6, 6.07) is 13.2. The smallest absolute Gasteiger partial charge is 0.345 e. The highest BCUT2D eigenvalue weighted by molar-refractivity contribution is 7.72. The normalized spacial score (nSPS) is 13.6. The van der Waals surface area contributed by atoms with E-state index >= 15 is 0 Å². The molecule has 228 valence electrons. The minimum atomic E-state index is -3.89. The number of ether oxygens (including phenoxy) is 2. The van der Waals surface area contributed by atoms with Gasteiger partial charge in [0.2, 0.25) is 0 Å². The fourth-order valence-electron chi connectivity index (χ4n) is 5.14. The Morgan fingerprint density at radius 3 is 1.61 bits per heavy atom. The summed E-state index contributed by atoms with van der Waals surface area (Å²) < 4.78 is 58.2. The van der Waals surface area contributed by atoms with E-state index in [1.165, 1.54) is 42.3 Å². The highest BCUT2D eigenvalue weighted by Gasteiger charge is 2.49. The first-order valence-electron chi connectivity index (χ1n) is 13.4. The second-order valence-electron chi connectivity index (χ2n) is 9.48. The van der Waals surface area contributed by atoms with Crippen molar-refractivity contribution in [2.45, 2.75) is 70.6 Å². The van der Waals surface area contributed by atoms with Crippen LogP contribution in [0.15, 0.2) is 42.5 Å². The van der Waals surface area contributed by atoms with Gasteiger partial charge in [-0.15, -0.1) is 0 Å². The van der Waals surface area contributed by atoms with Crippen LogP contribution < -0.4 is 9.47 Å². The van der Waals surface area contributed by atoms with Crippen molar-refractivity contribution in [3.8, 4) is 11.5 Å². The van der Waals surface area contributed by atoms with Gasteiger partial charge in [0.1, 0.15) is 11.5 Å². The molecule has 0 amide bonds. The SMILES string of the molecule is CCC(c1ccc(OC(C)=O)cc1)C(CC)c1ccc(OC(C)=O)c(CCC(P(=O)(OC)OC)P(=O)(OC)OC)c1. The lowest BCUT2D eigenvalue weighted by molar-refractivity contribution is -0.132. The average molecular weight is 613 g/mol. The second kappa shape index (κ2) is 15.8. The molecule has 0 spiro atoms. The Balaban J connectivity index is 2.52. The Kier molecular flexibility index (Phi) is 13.4. The summed E-state index contributed by atoms with van der Waals surface area (Å²) in [4.78, 5) is 23.2. The van der Waals surface area contributed by atoms with Gasteiger partial charge in [-0.3, -0.25) is 18.7 Å². The molecule has 2 rings (SSSR count). The molecule has 0 radical (unpaired) electrons. The van der Waals surface area contributed by atoms with Gasteiger partial charge in [-0.2, -0.15) is 0 Å². The molecule has 12 heteroatoms. The number of carbonyl (C=O) groups excluding carboxylic acids is 2. The van der Waals surface area contributed by atoms with E-state index in [1.54, 1.807) is 18.2 Å². The molecular weight excluding hydrogens is 570 g/mol. The lowest BCUT2D eigenvalue weighted by Gasteiger charge is -2.29. The molecule has 0 aliphatic rings. The molecule has 0 aromatic heterocycles. The number of esters is 2.